The van der Waals surface area contributed by atoms with Crippen LogP contribution in [0, 0.1) is 0 Å². The van der Waals surface area contributed by atoms with Crippen LogP contribution in [0.25, 0.3) is 21.9 Å². The molecule has 19 heavy (non-hydrogen) atoms. The van der Waals surface area contributed by atoms with Crippen LogP contribution in [0.5, 0.6) is 0 Å². The first-order valence-electron chi connectivity index (χ1n) is 11.0. The van der Waals surface area contributed by atoms with Crippen LogP contribution in [-0.2, 0) is 0 Å². The maximum absolute atomic E-state index is 8.44. The lowest BCUT2D eigenvalue weighted by atomic mass is 9.95. The van der Waals surface area contributed by atoms with Crippen LogP contribution in [0.3, 0.4) is 0 Å². The van der Waals surface area contributed by atoms with Crippen LogP contribution in [-0.4, -0.2) is 0 Å². The topological polar surface area (TPSA) is 0 Å². The number of fused-ring (bicyclic) bond motifs is 1. The van der Waals surface area contributed by atoms with Gasteiger partial charge in [0.15, 0.2) is 0 Å². The predicted octanol–water partition coefficient (Wildman–Crippen LogP) is 5.63. The molecule has 0 nitrogen and oxygen atoms in total. The van der Waals surface area contributed by atoms with Gasteiger partial charge in [-0.3, -0.25) is 0 Å². The first-order valence-corrected chi connectivity index (χ1v) is 6.02. The Morgan fingerprint density at radius 2 is 1.58 bits per heavy atom. The lowest BCUT2D eigenvalue weighted by Gasteiger charge is -2.09. The van der Waals surface area contributed by atoms with E-state index in [0.717, 1.165) is 6.07 Å². The molecule has 3 aromatic carbocycles. The number of benzene rings is 3. The Hall–Kier alpha value is -2.08. The average molecular weight is 256 g/mol. The fourth-order valence-corrected chi connectivity index (χ4v) is 1.79. The molecule has 0 radical (unpaired) electrons. The maximum atomic E-state index is 8.44. The highest BCUT2D eigenvalue weighted by molar-refractivity contribution is 5.96. The standard InChI is InChI=1S/C19H18/c1-14(2)15-10-12-17(13-11-15)19-9-5-7-16-6-3-4-8-18(16)19/h3-14H,1-2H3/i3D,4D,5D,6D,8D,9D,10D,11D,12D,13D. The van der Waals surface area contributed by atoms with Crippen LogP contribution in [0.15, 0.2) is 66.5 Å². The van der Waals surface area contributed by atoms with Gasteiger partial charge in [0.2, 0.25) is 0 Å². The van der Waals surface area contributed by atoms with Crippen molar-refractivity contribution in [3.05, 3.63) is 72.1 Å². The van der Waals surface area contributed by atoms with Crippen LogP contribution in [0.2, 0.25) is 0 Å². The Balaban J connectivity index is 2.64. The minimum atomic E-state index is -0.532. The van der Waals surface area contributed by atoms with E-state index in [1.54, 1.807) is 13.8 Å². The Kier molecular flexibility index (Phi) is 1.32. The monoisotopic (exact) mass is 256 g/mol. The second-order valence-electron chi connectivity index (χ2n) is 4.52. The Morgan fingerprint density at radius 1 is 0.842 bits per heavy atom. The van der Waals surface area contributed by atoms with E-state index in [1.165, 1.54) is 0 Å². The molecule has 0 fully saturated rings. The van der Waals surface area contributed by atoms with Gasteiger partial charge in [0.25, 0.3) is 0 Å². The first-order chi connectivity index (χ1) is 13.4. The van der Waals surface area contributed by atoms with Crippen molar-refractivity contribution in [2.45, 2.75) is 19.8 Å². The van der Waals surface area contributed by atoms with E-state index in [2.05, 4.69) is 0 Å². The number of hydrogen-bond acceptors (Lipinski definition) is 0. The summed E-state index contributed by atoms with van der Waals surface area (Å²) >= 11 is 0. The third kappa shape index (κ3) is 2.26. The number of rotatable bonds is 2. The molecule has 0 aliphatic rings. The first kappa shape index (κ1) is 5.13. The van der Waals surface area contributed by atoms with Crippen LogP contribution in [0.4, 0.5) is 0 Å². The normalized spacial score (nSPS) is 18.5. The summed E-state index contributed by atoms with van der Waals surface area (Å²) in [6, 6.07) is -2.76. The van der Waals surface area contributed by atoms with Gasteiger partial charge in [-0.05, 0) is 33.4 Å². The summed E-state index contributed by atoms with van der Waals surface area (Å²) < 4.78 is 82.2. The third-order valence-corrected chi connectivity index (χ3v) is 2.85. The lowest BCUT2D eigenvalue weighted by molar-refractivity contribution is 0.867. The van der Waals surface area contributed by atoms with E-state index in [9.17, 15) is 0 Å². The van der Waals surface area contributed by atoms with Crippen molar-refractivity contribution in [2.75, 3.05) is 0 Å². The summed E-state index contributed by atoms with van der Waals surface area (Å²) in [4.78, 5) is 0. The average Bonchev–Trinajstić information content (AvgIpc) is 2.66. The zero-order chi connectivity index (χ0) is 21.9. The third-order valence-electron chi connectivity index (χ3n) is 2.85. The fourth-order valence-electron chi connectivity index (χ4n) is 1.79. The molecule has 0 heterocycles. The van der Waals surface area contributed by atoms with Crippen LogP contribution < -0.4 is 0 Å². The maximum Gasteiger partial charge on any atom is 0.0629 e. The van der Waals surface area contributed by atoms with Gasteiger partial charge in [-0.1, -0.05) is 80.3 Å². The molecule has 0 N–H and O–H groups in total. The Bertz CT molecular complexity index is 1150. The molecule has 0 aliphatic carbocycles. The minimum Gasteiger partial charge on any atom is -0.0616 e. The molecule has 3 rings (SSSR count). The molecule has 0 unspecified atom stereocenters. The van der Waals surface area contributed by atoms with E-state index in [4.69, 9.17) is 13.7 Å². The second kappa shape index (κ2) is 4.89. The van der Waals surface area contributed by atoms with Crippen LogP contribution in [0.1, 0.15) is 39.0 Å². The molecule has 0 saturated carbocycles. The fraction of sp³-hybridized carbons (Fsp3) is 0.158. The zero-order valence-corrected chi connectivity index (χ0v) is 10.7. The Labute approximate surface area is 128 Å². The van der Waals surface area contributed by atoms with Gasteiger partial charge in [-0.15, -0.1) is 0 Å². The van der Waals surface area contributed by atoms with Gasteiger partial charge in [-0.2, -0.15) is 0 Å². The van der Waals surface area contributed by atoms with E-state index < -0.39 is 36.3 Å². The molecule has 0 heteroatoms. The molecule has 0 aliphatic heterocycles. The molecule has 0 spiro atoms. The van der Waals surface area contributed by atoms with E-state index in [-0.39, 0.29) is 57.6 Å². The molecule has 0 amide bonds. The summed E-state index contributed by atoms with van der Waals surface area (Å²) in [5.41, 5.74) is -0.200. The summed E-state index contributed by atoms with van der Waals surface area (Å²) in [7, 11) is 0. The minimum absolute atomic E-state index is 0.00297. The zero-order valence-electron chi connectivity index (χ0n) is 20.7. The highest BCUT2D eigenvalue weighted by Crippen LogP contribution is 2.29. The highest BCUT2D eigenvalue weighted by atomic mass is 14.1. The highest BCUT2D eigenvalue weighted by Gasteiger charge is 2.04. The quantitative estimate of drug-likeness (QED) is 0.557. The summed E-state index contributed by atoms with van der Waals surface area (Å²) in [5.74, 6) is -0.274. The van der Waals surface area contributed by atoms with Gasteiger partial charge < -0.3 is 0 Å². The summed E-state index contributed by atoms with van der Waals surface area (Å²) in [5, 5.41) is -0.0908. The molecule has 0 bridgehead atoms. The van der Waals surface area contributed by atoms with Crippen molar-refractivity contribution in [1.82, 2.24) is 0 Å². The molecule has 94 valence electrons. The van der Waals surface area contributed by atoms with Crippen molar-refractivity contribution in [3.63, 3.8) is 0 Å². The largest absolute Gasteiger partial charge is 0.0629 e. The van der Waals surface area contributed by atoms with Crippen molar-refractivity contribution >= 4 is 10.8 Å². The summed E-state index contributed by atoms with van der Waals surface area (Å²) in [6.45, 7) is 3.49. The molecule has 0 aromatic heterocycles. The molecule has 3 aromatic rings. The van der Waals surface area contributed by atoms with Crippen molar-refractivity contribution in [3.8, 4) is 11.1 Å². The van der Waals surface area contributed by atoms with Gasteiger partial charge in [0.05, 0.1) is 13.7 Å². The molecular formula is C19H18. The van der Waals surface area contributed by atoms with Crippen LogP contribution >= 0.6 is 0 Å². The van der Waals surface area contributed by atoms with Crippen molar-refractivity contribution in [2.24, 2.45) is 0 Å². The Morgan fingerprint density at radius 3 is 2.32 bits per heavy atom. The van der Waals surface area contributed by atoms with Gasteiger partial charge in [-0.25, -0.2) is 0 Å². The van der Waals surface area contributed by atoms with Crippen molar-refractivity contribution in [1.29, 1.82) is 0 Å². The van der Waals surface area contributed by atoms with Gasteiger partial charge in [0, 0.05) is 0 Å². The molecule has 0 atom stereocenters. The SMILES string of the molecule is [2H]c1cc2c([2H])c([2H])c([2H])c([2H])c2c(-c2c([2H])c([2H])c(C(C)C)c([2H])c2[2H])c1[2H]. The summed E-state index contributed by atoms with van der Waals surface area (Å²) in [6.07, 6.45) is 0. The molecular weight excluding hydrogens is 228 g/mol. The van der Waals surface area contributed by atoms with Crippen molar-refractivity contribution < 1.29 is 13.7 Å². The van der Waals surface area contributed by atoms with Gasteiger partial charge >= 0.3 is 0 Å². The number of hydrogen-bond donors (Lipinski definition) is 0. The predicted molar refractivity (Wildman–Crippen MR) is 83.5 cm³/mol. The van der Waals surface area contributed by atoms with E-state index in [0.29, 0.717) is 0 Å². The lowest BCUT2D eigenvalue weighted by Crippen LogP contribution is -1.87. The van der Waals surface area contributed by atoms with E-state index >= 15 is 0 Å². The molecule has 0 saturated heterocycles. The second-order valence-corrected chi connectivity index (χ2v) is 4.52. The van der Waals surface area contributed by atoms with Gasteiger partial charge in [0.1, 0.15) is 0 Å². The smallest absolute Gasteiger partial charge is 0.0616 e. The van der Waals surface area contributed by atoms with E-state index in [1.807, 2.05) is 0 Å².